The van der Waals surface area contributed by atoms with Crippen LogP contribution in [0.2, 0.25) is 0 Å². The summed E-state index contributed by atoms with van der Waals surface area (Å²) in [6.45, 7) is 0.504. The number of likely N-dealkylation sites (N-methyl/N-ethyl adjacent to an activating group) is 1. The van der Waals surface area contributed by atoms with E-state index in [1.54, 1.807) is 11.9 Å². The van der Waals surface area contributed by atoms with Crippen LogP contribution in [0.4, 0.5) is 5.69 Å². The molecular weight excluding hydrogens is 164 g/mol. The lowest BCUT2D eigenvalue weighted by atomic mass is 10.1. The molecule has 0 bridgehead atoms. The second kappa shape index (κ2) is 2.85. The van der Waals surface area contributed by atoms with Crippen LogP contribution in [0, 0.1) is 0 Å². The molecule has 68 valence electrons. The minimum Gasteiger partial charge on any atom is -0.326 e. The number of fused-ring (bicyclic) bond motifs is 1. The first-order valence-corrected chi connectivity index (χ1v) is 4.31. The third kappa shape index (κ3) is 1.12. The van der Waals surface area contributed by atoms with Crippen LogP contribution in [-0.4, -0.2) is 13.0 Å². The number of hydrogen-bond acceptors (Lipinski definition) is 2. The molecule has 0 spiro atoms. The number of nitrogens with zero attached hydrogens (tertiary/aromatic N) is 1. The predicted molar refractivity (Wildman–Crippen MR) is 51.4 cm³/mol. The van der Waals surface area contributed by atoms with Crippen molar-refractivity contribution in [1.29, 1.82) is 0 Å². The Kier molecular flexibility index (Phi) is 1.81. The van der Waals surface area contributed by atoms with E-state index in [2.05, 4.69) is 0 Å². The number of amides is 1. The summed E-state index contributed by atoms with van der Waals surface area (Å²) in [6, 6.07) is 5.88. The van der Waals surface area contributed by atoms with Crippen LogP contribution in [0.15, 0.2) is 18.2 Å². The fourth-order valence-corrected chi connectivity index (χ4v) is 1.73. The van der Waals surface area contributed by atoms with Crippen LogP contribution in [0.1, 0.15) is 11.1 Å². The van der Waals surface area contributed by atoms with Crippen LogP contribution >= 0.6 is 0 Å². The lowest BCUT2D eigenvalue weighted by molar-refractivity contribution is -0.117. The molecule has 2 N–H and O–H groups in total. The van der Waals surface area contributed by atoms with E-state index < -0.39 is 0 Å². The average molecular weight is 176 g/mol. The van der Waals surface area contributed by atoms with Crippen molar-refractivity contribution >= 4 is 11.6 Å². The third-order valence-corrected chi connectivity index (χ3v) is 2.53. The second-order valence-electron chi connectivity index (χ2n) is 3.25. The Hall–Kier alpha value is -1.35. The van der Waals surface area contributed by atoms with Crippen molar-refractivity contribution in [2.75, 3.05) is 11.9 Å². The molecule has 0 aliphatic carbocycles. The molecule has 0 aromatic heterocycles. The van der Waals surface area contributed by atoms with Gasteiger partial charge in [-0.15, -0.1) is 0 Å². The molecule has 3 heteroatoms. The highest BCUT2D eigenvalue weighted by Gasteiger charge is 2.25. The third-order valence-electron chi connectivity index (χ3n) is 2.53. The van der Waals surface area contributed by atoms with Gasteiger partial charge in [0.2, 0.25) is 5.91 Å². The fourth-order valence-electron chi connectivity index (χ4n) is 1.73. The molecule has 13 heavy (non-hydrogen) atoms. The van der Waals surface area contributed by atoms with E-state index in [1.807, 2.05) is 18.2 Å². The van der Waals surface area contributed by atoms with Crippen molar-refractivity contribution < 1.29 is 4.79 Å². The maximum absolute atomic E-state index is 11.4. The Morgan fingerprint density at radius 3 is 3.00 bits per heavy atom. The Morgan fingerprint density at radius 1 is 1.54 bits per heavy atom. The Labute approximate surface area is 77.1 Å². The molecule has 1 aromatic carbocycles. The first-order valence-electron chi connectivity index (χ1n) is 4.31. The summed E-state index contributed by atoms with van der Waals surface area (Å²) < 4.78 is 0. The van der Waals surface area contributed by atoms with Crippen LogP contribution in [0.3, 0.4) is 0 Å². The maximum Gasteiger partial charge on any atom is 0.231 e. The first kappa shape index (κ1) is 8.26. The molecule has 1 amide bonds. The predicted octanol–water partition coefficient (Wildman–Crippen LogP) is 0.664. The number of nitrogens with two attached hydrogens (primary N) is 1. The number of hydrogen-bond donors (Lipinski definition) is 1. The Morgan fingerprint density at radius 2 is 2.31 bits per heavy atom. The lowest BCUT2D eigenvalue weighted by Gasteiger charge is -2.10. The van der Waals surface area contributed by atoms with Crippen molar-refractivity contribution in [1.82, 2.24) is 0 Å². The van der Waals surface area contributed by atoms with Crippen LogP contribution < -0.4 is 10.6 Å². The van der Waals surface area contributed by atoms with Crippen molar-refractivity contribution in [3.8, 4) is 0 Å². The molecule has 1 heterocycles. The molecule has 0 saturated carbocycles. The van der Waals surface area contributed by atoms with Crippen molar-refractivity contribution in [3.05, 3.63) is 29.3 Å². The van der Waals surface area contributed by atoms with Gasteiger partial charge in [0, 0.05) is 19.3 Å². The van der Waals surface area contributed by atoms with Crippen molar-refractivity contribution in [3.63, 3.8) is 0 Å². The smallest absolute Gasteiger partial charge is 0.231 e. The molecule has 0 radical (unpaired) electrons. The molecule has 1 aliphatic rings. The number of carbonyl (C=O) groups is 1. The SMILES string of the molecule is CN1C(=O)Cc2c(CN)cccc21. The number of rotatable bonds is 1. The van der Waals surface area contributed by atoms with Gasteiger partial charge in [-0.1, -0.05) is 12.1 Å². The van der Waals surface area contributed by atoms with E-state index in [0.29, 0.717) is 13.0 Å². The van der Waals surface area contributed by atoms with E-state index in [9.17, 15) is 4.79 Å². The number of anilines is 1. The van der Waals surface area contributed by atoms with Gasteiger partial charge in [0.15, 0.2) is 0 Å². The van der Waals surface area contributed by atoms with Crippen molar-refractivity contribution in [2.45, 2.75) is 13.0 Å². The highest BCUT2D eigenvalue weighted by atomic mass is 16.2. The van der Waals surface area contributed by atoms with E-state index in [4.69, 9.17) is 5.73 Å². The van der Waals surface area contributed by atoms with Crippen LogP contribution in [0.5, 0.6) is 0 Å². The molecule has 0 saturated heterocycles. The van der Waals surface area contributed by atoms with Gasteiger partial charge in [0.25, 0.3) is 0 Å². The van der Waals surface area contributed by atoms with E-state index in [1.165, 1.54) is 0 Å². The summed E-state index contributed by atoms with van der Waals surface area (Å²) in [5, 5.41) is 0. The van der Waals surface area contributed by atoms with Crippen molar-refractivity contribution in [2.24, 2.45) is 5.73 Å². The normalized spacial score (nSPS) is 14.9. The summed E-state index contributed by atoms with van der Waals surface area (Å²) in [5.41, 5.74) is 8.77. The van der Waals surface area contributed by atoms with Gasteiger partial charge >= 0.3 is 0 Å². The first-order chi connectivity index (χ1) is 6.24. The monoisotopic (exact) mass is 176 g/mol. The minimum absolute atomic E-state index is 0.149. The van der Waals surface area contributed by atoms with Gasteiger partial charge in [-0.05, 0) is 17.2 Å². The molecule has 0 unspecified atom stereocenters. The molecule has 1 aromatic rings. The summed E-state index contributed by atoms with van der Waals surface area (Å²) in [4.78, 5) is 13.1. The molecule has 2 rings (SSSR count). The molecule has 3 nitrogen and oxygen atoms in total. The fraction of sp³-hybridized carbons (Fsp3) is 0.300. The quantitative estimate of drug-likeness (QED) is 0.683. The Bertz CT molecular complexity index is 360. The topological polar surface area (TPSA) is 46.3 Å². The summed E-state index contributed by atoms with van der Waals surface area (Å²) in [6.07, 6.45) is 0.499. The van der Waals surface area contributed by atoms with Crippen LogP contribution in [-0.2, 0) is 17.8 Å². The van der Waals surface area contributed by atoms with E-state index in [0.717, 1.165) is 16.8 Å². The molecule has 0 fully saturated rings. The van der Waals surface area contributed by atoms with Gasteiger partial charge in [-0.3, -0.25) is 4.79 Å². The highest BCUT2D eigenvalue weighted by Crippen LogP contribution is 2.29. The summed E-state index contributed by atoms with van der Waals surface area (Å²) in [5.74, 6) is 0.149. The standard InChI is InChI=1S/C10H12N2O/c1-12-9-4-2-3-7(6-11)8(9)5-10(12)13/h2-4H,5-6,11H2,1H3. The average Bonchev–Trinajstić information content (AvgIpc) is 2.43. The van der Waals surface area contributed by atoms with Gasteiger partial charge in [-0.25, -0.2) is 0 Å². The lowest BCUT2D eigenvalue weighted by Crippen LogP contribution is -2.20. The van der Waals surface area contributed by atoms with Crippen LogP contribution in [0.25, 0.3) is 0 Å². The van der Waals surface area contributed by atoms with E-state index in [-0.39, 0.29) is 5.91 Å². The second-order valence-corrected chi connectivity index (χ2v) is 3.25. The highest BCUT2D eigenvalue weighted by molar-refractivity contribution is 6.01. The Balaban J connectivity index is 2.55. The van der Waals surface area contributed by atoms with Gasteiger partial charge in [0.1, 0.15) is 0 Å². The zero-order chi connectivity index (χ0) is 9.42. The molecule has 1 aliphatic heterocycles. The number of carbonyl (C=O) groups excluding carboxylic acids is 1. The largest absolute Gasteiger partial charge is 0.326 e. The molecule has 0 atom stereocenters. The zero-order valence-electron chi connectivity index (χ0n) is 7.58. The maximum atomic E-state index is 11.4. The summed E-state index contributed by atoms with van der Waals surface area (Å²) in [7, 11) is 1.80. The zero-order valence-corrected chi connectivity index (χ0v) is 7.58. The van der Waals surface area contributed by atoms with Gasteiger partial charge in [0.05, 0.1) is 6.42 Å². The van der Waals surface area contributed by atoms with E-state index >= 15 is 0 Å². The molecular formula is C10H12N2O. The summed E-state index contributed by atoms with van der Waals surface area (Å²) >= 11 is 0. The number of benzene rings is 1. The van der Waals surface area contributed by atoms with Gasteiger partial charge < -0.3 is 10.6 Å². The minimum atomic E-state index is 0.149. The van der Waals surface area contributed by atoms with Gasteiger partial charge in [-0.2, -0.15) is 0 Å².